The minimum atomic E-state index is -0.329. The molecule has 0 unspecified atom stereocenters. The molecule has 3 heteroatoms. The molecular formula is C18H25BrClF. The highest BCUT2D eigenvalue weighted by atomic mass is 79.9. The van der Waals surface area contributed by atoms with Crippen LogP contribution in [0, 0.1) is 22.6 Å². The SMILES string of the molecule is CC(C)(C)C1CCC(CBr)(Cc2ccc(F)c(Cl)c2)CC1. The fraction of sp³-hybridized carbons (Fsp3) is 0.667. The van der Waals surface area contributed by atoms with Crippen LogP contribution in [-0.4, -0.2) is 5.33 Å². The highest BCUT2D eigenvalue weighted by molar-refractivity contribution is 9.09. The Kier molecular flexibility index (Phi) is 5.41. The molecule has 0 radical (unpaired) electrons. The van der Waals surface area contributed by atoms with Crippen molar-refractivity contribution in [3.63, 3.8) is 0 Å². The largest absolute Gasteiger partial charge is 0.205 e. The molecule has 0 aliphatic heterocycles. The van der Waals surface area contributed by atoms with Crippen LogP contribution < -0.4 is 0 Å². The van der Waals surface area contributed by atoms with Crippen molar-refractivity contribution in [3.8, 4) is 0 Å². The molecule has 1 aromatic carbocycles. The molecule has 0 aromatic heterocycles. The van der Waals surface area contributed by atoms with E-state index in [1.165, 1.54) is 31.7 Å². The van der Waals surface area contributed by atoms with Crippen LogP contribution in [0.3, 0.4) is 0 Å². The third-order valence-corrected chi connectivity index (χ3v) is 6.60. The van der Waals surface area contributed by atoms with E-state index >= 15 is 0 Å². The van der Waals surface area contributed by atoms with E-state index in [-0.39, 0.29) is 10.8 Å². The Morgan fingerprint density at radius 1 is 1.29 bits per heavy atom. The second-order valence-corrected chi connectivity index (χ2v) is 8.67. The molecule has 0 spiro atoms. The van der Waals surface area contributed by atoms with Gasteiger partial charge in [0.25, 0.3) is 0 Å². The first-order valence-electron chi connectivity index (χ1n) is 7.76. The van der Waals surface area contributed by atoms with Gasteiger partial charge in [0.1, 0.15) is 5.82 Å². The van der Waals surface area contributed by atoms with Crippen molar-refractivity contribution in [2.45, 2.75) is 52.9 Å². The van der Waals surface area contributed by atoms with Crippen molar-refractivity contribution in [1.29, 1.82) is 0 Å². The summed E-state index contributed by atoms with van der Waals surface area (Å²) in [6.07, 6.45) is 6.01. The predicted molar refractivity (Wildman–Crippen MR) is 92.8 cm³/mol. The Hall–Kier alpha value is -0.0800. The molecule has 2 rings (SSSR count). The van der Waals surface area contributed by atoms with Crippen molar-refractivity contribution < 1.29 is 4.39 Å². The van der Waals surface area contributed by atoms with E-state index in [1.807, 2.05) is 6.07 Å². The normalized spacial score (nSPS) is 26.9. The third-order valence-electron chi connectivity index (χ3n) is 5.12. The van der Waals surface area contributed by atoms with Gasteiger partial charge >= 0.3 is 0 Å². The van der Waals surface area contributed by atoms with Gasteiger partial charge in [0, 0.05) is 5.33 Å². The van der Waals surface area contributed by atoms with E-state index < -0.39 is 0 Å². The maximum absolute atomic E-state index is 13.3. The lowest BCUT2D eigenvalue weighted by molar-refractivity contribution is 0.103. The highest BCUT2D eigenvalue weighted by Crippen LogP contribution is 2.47. The Morgan fingerprint density at radius 2 is 1.90 bits per heavy atom. The number of alkyl halides is 1. The Bertz CT molecular complexity index is 484. The summed E-state index contributed by atoms with van der Waals surface area (Å²) < 4.78 is 13.3. The molecule has 0 heterocycles. The summed E-state index contributed by atoms with van der Waals surface area (Å²) in [5, 5.41) is 1.24. The van der Waals surface area contributed by atoms with Crippen molar-refractivity contribution in [2.24, 2.45) is 16.7 Å². The third kappa shape index (κ3) is 4.22. The molecule has 1 saturated carbocycles. The molecule has 1 aliphatic rings. The van der Waals surface area contributed by atoms with Gasteiger partial charge in [0.15, 0.2) is 0 Å². The molecule has 1 aromatic rings. The van der Waals surface area contributed by atoms with Gasteiger partial charge in [0.2, 0.25) is 0 Å². The van der Waals surface area contributed by atoms with Crippen LogP contribution in [0.1, 0.15) is 52.0 Å². The zero-order chi connectivity index (χ0) is 15.7. The summed E-state index contributed by atoms with van der Waals surface area (Å²) in [7, 11) is 0. The van der Waals surface area contributed by atoms with Gasteiger partial charge in [-0.15, -0.1) is 0 Å². The lowest BCUT2D eigenvalue weighted by Crippen LogP contribution is -2.35. The molecular weight excluding hydrogens is 351 g/mol. The number of halogens is 3. The number of rotatable bonds is 3. The van der Waals surface area contributed by atoms with Crippen LogP contribution in [0.2, 0.25) is 5.02 Å². The maximum atomic E-state index is 13.3. The summed E-state index contributed by atoms with van der Waals surface area (Å²) in [5.41, 5.74) is 1.84. The topological polar surface area (TPSA) is 0 Å². The summed E-state index contributed by atoms with van der Waals surface area (Å²) in [5.74, 6) is 0.478. The molecule has 21 heavy (non-hydrogen) atoms. The lowest BCUT2D eigenvalue weighted by atomic mass is 9.63. The van der Waals surface area contributed by atoms with Crippen LogP contribution in [0.15, 0.2) is 18.2 Å². The lowest BCUT2D eigenvalue weighted by Gasteiger charge is -2.43. The smallest absolute Gasteiger partial charge is 0.141 e. The second-order valence-electron chi connectivity index (χ2n) is 7.70. The van der Waals surface area contributed by atoms with Gasteiger partial charge in [-0.2, -0.15) is 0 Å². The fourth-order valence-electron chi connectivity index (χ4n) is 3.54. The van der Waals surface area contributed by atoms with Gasteiger partial charge in [-0.05, 0) is 66.5 Å². The molecule has 0 atom stereocenters. The number of benzene rings is 1. The standard InChI is InChI=1S/C18H25BrClF/c1-17(2,3)14-6-8-18(12-19,9-7-14)11-13-4-5-16(21)15(20)10-13/h4-5,10,14H,6-9,11-12H2,1-3H3. The number of hydrogen-bond acceptors (Lipinski definition) is 0. The summed E-state index contributed by atoms with van der Waals surface area (Å²) >= 11 is 9.64. The van der Waals surface area contributed by atoms with Gasteiger partial charge in [-0.25, -0.2) is 4.39 Å². The average Bonchev–Trinajstić information content (AvgIpc) is 2.42. The molecule has 1 fully saturated rings. The fourth-order valence-corrected chi connectivity index (χ4v) is 4.50. The van der Waals surface area contributed by atoms with Crippen molar-refractivity contribution in [3.05, 3.63) is 34.6 Å². The van der Waals surface area contributed by atoms with E-state index in [2.05, 4.69) is 36.7 Å². The quantitative estimate of drug-likeness (QED) is 0.519. The van der Waals surface area contributed by atoms with Gasteiger partial charge < -0.3 is 0 Å². The summed E-state index contributed by atoms with van der Waals surface area (Å²) in [4.78, 5) is 0. The van der Waals surface area contributed by atoms with Gasteiger partial charge in [-0.1, -0.05) is 54.4 Å². The van der Waals surface area contributed by atoms with Gasteiger partial charge in [-0.3, -0.25) is 0 Å². The zero-order valence-electron chi connectivity index (χ0n) is 13.2. The predicted octanol–water partition coefficient (Wildman–Crippen LogP) is 6.64. The Labute approximate surface area is 141 Å². The Balaban J connectivity index is 2.08. The van der Waals surface area contributed by atoms with Crippen LogP contribution in [0.4, 0.5) is 4.39 Å². The minimum Gasteiger partial charge on any atom is -0.205 e. The Morgan fingerprint density at radius 3 is 2.38 bits per heavy atom. The van der Waals surface area contributed by atoms with Gasteiger partial charge in [0.05, 0.1) is 5.02 Å². The van der Waals surface area contributed by atoms with Crippen LogP contribution in [0.25, 0.3) is 0 Å². The monoisotopic (exact) mass is 374 g/mol. The first kappa shape index (κ1) is 17.3. The molecule has 0 N–H and O–H groups in total. The second kappa shape index (κ2) is 6.58. The van der Waals surface area contributed by atoms with E-state index in [0.717, 1.165) is 23.2 Å². The zero-order valence-corrected chi connectivity index (χ0v) is 15.5. The van der Waals surface area contributed by atoms with E-state index in [9.17, 15) is 4.39 Å². The molecule has 0 amide bonds. The molecule has 0 bridgehead atoms. The summed E-state index contributed by atoms with van der Waals surface area (Å²) in [6, 6.07) is 5.15. The van der Waals surface area contributed by atoms with Crippen molar-refractivity contribution in [2.75, 3.05) is 5.33 Å². The maximum Gasteiger partial charge on any atom is 0.141 e. The minimum absolute atomic E-state index is 0.237. The first-order valence-corrected chi connectivity index (χ1v) is 9.26. The number of hydrogen-bond donors (Lipinski definition) is 0. The summed E-state index contributed by atoms with van der Waals surface area (Å²) in [6.45, 7) is 7.04. The molecule has 0 saturated heterocycles. The van der Waals surface area contributed by atoms with Crippen molar-refractivity contribution >= 4 is 27.5 Å². The highest BCUT2D eigenvalue weighted by Gasteiger charge is 2.38. The van der Waals surface area contributed by atoms with Crippen LogP contribution >= 0.6 is 27.5 Å². The van der Waals surface area contributed by atoms with Crippen LogP contribution in [-0.2, 0) is 6.42 Å². The first-order chi connectivity index (χ1) is 9.76. The molecule has 118 valence electrons. The molecule has 0 nitrogen and oxygen atoms in total. The molecule has 1 aliphatic carbocycles. The van der Waals surface area contributed by atoms with E-state index in [1.54, 1.807) is 6.07 Å². The average molecular weight is 376 g/mol. The van der Waals surface area contributed by atoms with E-state index in [0.29, 0.717) is 10.8 Å². The van der Waals surface area contributed by atoms with E-state index in [4.69, 9.17) is 11.6 Å². The van der Waals surface area contributed by atoms with Crippen molar-refractivity contribution in [1.82, 2.24) is 0 Å². The van der Waals surface area contributed by atoms with Crippen LogP contribution in [0.5, 0.6) is 0 Å².